The molecule has 1 aromatic carbocycles. The molecule has 3 rings (SSSR count). The first kappa shape index (κ1) is 16.5. The van der Waals surface area contributed by atoms with Crippen LogP contribution in [0.5, 0.6) is 0 Å². The molecule has 0 saturated carbocycles. The molecule has 0 unspecified atom stereocenters. The molecule has 2 atom stereocenters. The van der Waals surface area contributed by atoms with Crippen molar-refractivity contribution in [2.75, 3.05) is 13.2 Å². The lowest BCUT2D eigenvalue weighted by Crippen LogP contribution is -2.36. The van der Waals surface area contributed by atoms with Gasteiger partial charge >= 0.3 is 5.91 Å². The molecular formula is C17H14FN5O2. The number of rotatable bonds is 4. The standard InChI is InChI=1S/C17H14FN5O2/c18-6-14-5-13(9-23(14)10-20)22-16(24)17-21-8-15(25-17)12-3-1-2-11(4-12)7-19/h1-4,8,13-14H,5-6,9H2,(H,22,24)/t13-,14+/m1/s1. The summed E-state index contributed by atoms with van der Waals surface area (Å²) in [6, 6.07) is 7.93. The molecule has 0 spiro atoms. The highest BCUT2D eigenvalue weighted by atomic mass is 19.1. The number of carbonyl (C=O) groups excluding carboxylic acids is 1. The molecule has 2 heterocycles. The summed E-state index contributed by atoms with van der Waals surface area (Å²) in [6.45, 7) is -0.382. The van der Waals surface area contributed by atoms with Gasteiger partial charge in [0.15, 0.2) is 12.0 Å². The van der Waals surface area contributed by atoms with Gasteiger partial charge in [0, 0.05) is 18.2 Å². The van der Waals surface area contributed by atoms with Crippen LogP contribution in [0.2, 0.25) is 0 Å². The Bertz CT molecular complexity index is 866. The first-order valence-electron chi connectivity index (χ1n) is 7.64. The highest BCUT2D eigenvalue weighted by molar-refractivity contribution is 5.90. The van der Waals surface area contributed by atoms with Crippen molar-refractivity contribution in [3.05, 3.63) is 41.9 Å². The number of carbonyl (C=O) groups is 1. The van der Waals surface area contributed by atoms with E-state index in [-0.39, 0.29) is 18.5 Å². The van der Waals surface area contributed by atoms with Gasteiger partial charge in [-0.3, -0.25) is 4.79 Å². The second-order valence-corrected chi connectivity index (χ2v) is 5.69. The van der Waals surface area contributed by atoms with Gasteiger partial charge in [-0.05, 0) is 18.6 Å². The molecule has 1 fully saturated rings. The van der Waals surface area contributed by atoms with Gasteiger partial charge in [0.05, 0.1) is 23.9 Å². The monoisotopic (exact) mass is 339 g/mol. The number of nitriles is 2. The SMILES string of the molecule is N#Cc1cccc(-c2cnc(C(=O)N[C@@H]3C[C@@H](CF)N(C#N)C3)o2)c1. The van der Waals surface area contributed by atoms with Crippen LogP contribution in [0.15, 0.2) is 34.9 Å². The van der Waals surface area contributed by atoms with E-state index in [0.717, 1.165) is 0 Å². The first-order chi connectivity index (χ1) is 12.1. The van der Waals surface area contributed by atoms with Gasteiger partial charge in [0.25, 0.3) is 5.89 Å². The average molecular weight is 339 g/mol. The van der Waals surface area contributed by atoms with Gasteiger partial charge in [-0.2, -0.15) is 10.5 Å². The van der Waals surface area contributed by atoms with E-state index in [1.54, 1.807) is 24.3 Å². The third kappa shape index (κ3) is 3.43. The van der Waals surface area contributed by atoms with Crippen molar-refractivity contribution < 1.29 is 13.6 Å². The third-order valence-electron chi connectivity index (χ3n) is 4.03. The highest BCUT2D eigenvalue weighted by Crippen LogP contribution is 2.22. The number of aromatic nitrogens is 1. The van der Waals surface area contributed by atoms with Crippen LogP contribution in [-0.2, 0) is 0 Å². The Morgan fingerprint density at radius 3 is 3.00 bits per heavy atom. The smallest absolute Gasteiger partial charge is 0.307 e. The zero-order valence-corrected chi connectivity index (χ0v) is 13.1. The molecule has 25 heavy (non-hydrogen) atoms. The summed E-state index contributed by atoms with van der Waals surface area (Å²) in [5.74, 6) is -0.274. The maximum atomic E-state index is 12.9. The number of amides is 1. The van der Waals surface area contributed by atoms with Crippen LogP contribution in [0.3, 0.4) is 0 Å². The molecule has 1 aromatic heterocycles. The largest absolute Gasteiger partial charge is 0.432 e. The third-order valence-corrected chi connectivity index (χ3v) is 4.03. The molecule has 1 amide bonds. The fourth-order valence-corrected chi connectivity index (χ4v) is 2.79. The quantitative estimate of drug-likeness (QED) is 0.852. The van der Waals surface area contributed by atoms with Gasteiger partial charge in [-0.15, -0.1) is 0 Å². The maximum absolute atomic E-state index is 12.9. The summed E-state index contributed by atoms with van der Waals surface area (Å²) in [4.78, 5) is 17.5. The van der Waals surface area contributed by atoms with E-state index in [9.17, 15) is 9.18 Å². The molecular weight excluding hydrogens is 325 g/mol. The average Bonchev–Trinajstić information content (AvgIpc) is 3.28. The predicted molar refractivity (Wildman–Crippen MR) is 84.6 cm³/mol. The lowest BCUT2D eigenvalue weighted by molar-refractivity contribution is 0.0904. The van der Waals surface area contributed by atoms with E-state index in [4.69, 9.17) is 14.9 Å². The molecule has 0 radical (unpaired) electrons. The zero-order chi connectivity index (χ0) is 17.8. The molecule has 0 aliphatic carbocycles. The van der Waals surface area contributed by atoms with E-state index in [0.29, 0.717) is 23.3 Å². The van der Waals surface area contributed by atoms with Gasteiger partial charge < -0.3 is 14.6 Å². The van der Waals surface area contributed by atoms with Gasteiger partial charge in [-0.25, -0.2) is 9.37 Å². The lowest BCUT2D eigenvalue weighted by Gasteiger charge is -2.12. The Balaban J connectivity index is 1.69. The van der Waals surface area contributed by atoms with Crippen LogP contribution >= 0.6 is 0 Å². The summed E-state index contributed by atoms with van der Waals surface area (Å²) in [5.41, 5.74) is 1.11. The van der Waals surface area contributed by atoms with Crippen molar-refractivity contribution in [2.24, 2.45) is 0 Å². The molecule has 0 bridgehead atoms. The summed E-state index contributed by atoms with van der Waals surface area (Å²) in [5, 5.41) is 20.6. The molecule has 1 aliphatic heterocycles. The van der Waals surface area contributed by atoms with E-state index in [1.165, 1.54) is 11.1 Å². The second-order valence-electron chi connectivity index (χ2n) is 5.69. The van der Waals surface area contributed by atoms with Crippen LogP contribution < -0.4 is 5.32 Å². The number of hydrogen-bond donors (Lipinski definition) is 1. The van der Waals surface area contributed by atoms with Crippen molar-refractivity contribution in [3.8, 4) is 23.6 Å². The van der Waals surface area contributed by atoms with Crippen molar-refractivity contribution in [1.82, 2.24) is 15.2 Å². The molecule has 1 aliphatic rings. The van der Waals surface area contributed by atoms with Crippen LogP contribution in [-0.4, -0.2) is 41.1 Å². The molecule has 126 valence electrons. The van der Waals surface area contributed by atoms with Gasteiger partial charge in [0.2, 0.25) is 0 Å². The predicted octanol–water partition coefficient (Wildman–Crippen LogP) is 1.84. The molecule has 2 aromatic rings. The Morgan fingerprint density at radius 2 is 2.32 bits per heavy atom. The van der Waals surface area contributed by atoms with Crippen molar-refractivity contribution in [2.45, 2.75) is 18.5 Å². The summed E-state index contributed by atoms with van der Waals surface area (Å²) < 4.78 is 18.3. The topological polar surface area (TPSA) is 106 Å². The summed E-state index contributed by atoms with van der Waals surface area (Å²) in [6.07, 6.45) is 3.68. The highest BCUT2D eigenvalue weighted by Gasteiger charge is 2.33. The lowest BCUT2D eigenvalue weighted by atomic mass is 10.1. The molecule has 7 nitrogen and oxygen atoms in total. The second kappa shape index (κ2) is 7.02. The molecule has 1 saturated heterocycles. The Morgan fingerprint density at radius 1 is 1.48 bits per heavy atom. The minimum absolute atomic E-state index is 0.121. The number of hydrogen-bond acceptors (Lipinski definition) is 6. The number of nitrogens with zero attached hydrogens (tertiary/aromatic N) is 4. The Kier molecular flexibility index (Phi) is 4.62. The minimum atomic E-state index is -0.641. The molecule has 1 N–H and O–H groups in total. The molecule has 8 heteroatoms. The Labute approximate surface area is 143 Å². The number of benzene rings is 1. The van der Waals surface area contributed by atoms with Gasteiger partial charge in [0.1, 0.15) is 6.67 Å². The van der Waals surface area contributed by atoms with E-state index in [2.05, 4.69) is 10.3 Å². The van der Waals surface area contributed by atoms with Crippen molar-refractivity contribution in [3.63, 3.8) is 0 Å². The van der Waals surface area contributed by atoms with Crippen LogP contribution in [0.25, 0.3) is 11.3 Å². The normalized spacial score (nSPS) is 19.2. The van der Waals surface area contributed by atoms with Crippen LogP contribution in [0.1, 0.15) is 22.7 Å². The number of oxazole rings is 1. The summed E-state index contributed by atoms with van der Waals surface area (Å²) in [7, 11) is 0. The summed E-state index contributed by atoms with van der Waals surface area (Å²) >= 11 is 0. The maximum Gasteiger partial charge on any atom is 0.307 e. The van der Waals surface area contributed by atoms with Crippen molar-refractivity contribution >= 4 is 5.91 Å². The fraction of sp³-hybridized carbons (Fsp3) is 0.294. The number of nitrogens with one attached hydrogen (secondary N) is 1. The van der Waals surface area contributed by atoms with E-state index >= 15 is 0 Å². The Hall–Kier alpha value is -3.39. The van der Waals surface area contributed by atoms with E-state index < -0.39 is 18.6 Å². The minimum Gasteiger partial charge on any atom is -0.432 e. The van der Waals surface area contributed by atoms with Crippen molar-refractivity contribution in [1.29, 1.82) is 10.5 Å². The van der Waals surface area contributed by atoms with Crippen LogP contribution in [0.4, 0.5) is 4.39 Å². The van der Waals surface area contributed by atoms with Gasteiger partial charge in [-0.1, -0.05) is 12.1 Å². The number of alkyl halides is 1. The first-order valence-corrected chi connectivity index (χ1v) is 7.64. The van der Waals surface area contributed by atoms with E-state index in [1.807, 2.05) is 12.3 Å². The fourth-order valence-electron chi connectivity index (χ4n) is 2.79. The number of halogens is 1. The number of likely N-dealkylation sites (tertiary alicyclic amines) is 1. The zero-order valence-electron chi connectivity index (χ0n) is 13.1. The van der Waals surface area contributed by atoms with Crippen LogP contribution in [0, 0.1) is 22.8 Å².